The molecule has 1 saturated carbocycles. The molecule has 0 radical (unpaired) electrons. The Morgan fingerprint density at radius 1 is 1.43 bits per heavy atom. The number of anilines is 1. The van der Waals surface area contributed by atoms with E-state index in [9.17, 15) is 14.9 Å². The van der Waals surface area contributed by atoms with Crippen molar-refractivity contribution in [2.45, 2.75) is 45.1 Å². The zero-order valence-corrected chi connectivity index (χ0v) is 11.9. The topological polar surface area (TPSA) is 105 Å². The molecule has 2 rings (SSSR count). The third-order valence-corrected chi connectivity index (χ3v) is 4.05. The number of nitrogens with one attached hydrogen (secondary N) is 1. The van der Waals surface area contributed by atoms with Crippen molar-refractivity contribution >= 4 is 17.5 Å². The van der Waals surface area contributed by atoms with Crippen LogP contribution in [0, 0.1) is 16.0 Å². The minimum atomic E-state index is -1.19. The van der Waals surface area contributed by atoms with Gasteiger partial charge in [-0.05, 0) is 37.7 Å². The van der Waals surface area contributed by atoms with E-state index in [-0.39, 0.29) is 23.2 Å². The van der Waals surface area contributed by atoms with Crippen LogP contribution in [0.2, 0.25) is 0 Å². The second-order valence-corrected chi connectivity index (χ2v) is 5.40. The average molecular weight is 293 g/mol. The normalized spacial score (nSPS) is 21.8. The van der Waals surface area contributed by atoms with Gasteiger partial charge < -0.3 is 10.4 Å². The first-order valence-corrected chi connectivity index (χ1v) is 7.16. The third kappa shape index (κ3) is 3.68. The molecule has 2 N–H and O–H groups in total. The average Bonchev–Trinajstić information content (AvgIpc) is 2.47. The molecule has 0 unspecified atom stereocenters. The van der Waals surface area contributed by atoms with Crippen molar-refractivity contribution in [3.63, 3.8) is 0 Å². The van der Waals surface area contributed by atoms with E-state index in [1.54, 1.807) is 0 Å². The molecule has 0 bridgehead atoms. The summed E-state index contributed by atoms with van der Waals surface area (Å²) in [5.41, 5.74) is -0.372. The van der Waals surface area contributed by atoms with Gasteiger partial charge in [-0.2, -0.15) is 0 Å². The van der Waals surface area contributed by atoms with E-state index in [1.165, 1.54) is 6.07 Å². The van der Waals surface area contributed by atoms with Crippen LogP contribution in [0.3, 0.4) is 0 Å². The lowest BCUT2D eigenvalue weighted by Crippen LogP contribution is -2.27. The molecule has 21 heavy (non-hydrogen) atoms. The number of aromatic nitrogens is 1. The Hall–Kier alpha value is -2.18. The van der Waals surface area contributed by atoms with Gasteiger partial charge in [-0.25, -0.2) is 9.78 Å². The molecule has 1 aliphatic rings. The molecule has 0 atom stereocenters. The molecule has 1 aromatic heterocycles. The van der Waals surface area contributed by atoms with Crippen molar-refractivity contribution in [3.8, 4) is 0 Å². The lowest BCUT2D eigenvalue weighted by Gasteiger charge is -2.28. The van der Waals surface area contributed by atoms with Crippen molar-refractivity contribution in [3.05, 3.63) is 27.9 Å². The Morgan fingerprint density at radius 2 is 2.10 bits per heavy atom. The number of nitro groups is 1. The second-order valence-electron chi connectivity index (χ2n) is 5.40. The Morgan fingerprint density at radius 3 is 2.62 bits per heavy atom. The molecule has 1 aliphatic carbocycles. The first-order chi connectivity index (χ1) is 10.0. The maximum atomic E-state index is 11.0. The van der Waals surface area contributed by atoms with E-state index in [4.69, 9.17) is 5.11 Å². The minimum absolute atomic E-state index is 0.0554. The first-order valence-electron chi connectivity index (χ1n) is 7.16. The van der Waals surface area contributed by atoms with Crippen LogP contribution < -0.4 is 5.32 Å². The van der Waals surface area contributed by atoms with Crippen molar-refractivity contribution in [1.82, 2.24) is 4.98 Å². The molecule has 7 nitrogen and oxygen atoms in total. The Bertz CT molecular complexity index is 539. The van der Waals surface area contributed by atoms with Gasteiger partial charge in [0.25, 0.3) is 0 Å². The molecule has 0 spiro atoms. The van der Waals surface area contributed by atoms with Crippen LogP contribution >= 0.6 is 0 Å². The summed E-state index contributed by atoms with van der Waals surface area (Å²) in [6.45, 7) is 2.17. The zero-order chi connectivity index (χ0) is 15.4. The van der Waals surface area contributed by atoms with E-state index < -0.39 is 10.9 Å². The number of nitrogens with zero attached hydrogens (tertiary/aromatic N) is 2. The van der Waals surface area contributed by atoms with Crippen LogP contribution in [0.5, 0.6) is 0 Å². The van der Waals surface area contributed by atoms with Gasteiger partial charge in [-0.1, -0.05) is 13.3 Å². The molecule has 1 aromatic rings. The van der Waals surface area contributed by atoms with Crippen LogP contribution in [0.25, 0.3) is 0 Å². The SMILES string of the molecule is CCC1CCC(Nc2nc(C(=O)O)ccc2[N+](=O)[O-])CC1. The van der Waals surface area contributed by atoms with Gasteiger partial charge in [0.15, 0.2) is 5.69 Å². The summed E-state index contributed by atoms with van der Waals surface area (Å²) in [6, 6.07) is 2.46. The quantitative estimate of drug-likeness (QED) is 0.638. The lowest BCUT2D eigenvalue weighted by atomic mass is 9.84. The molecule has 7 heteroatoms. The number of rotatable bonds is 5. The molecular weight excluding hydrogens is 274 g/mol. The molecule has 0 amide bonds. The maximum Gasteiger partial charge on any atom is 0.354 e. The molecule has 114 valence electrons. The fourth-order valence-electron chi connectivity index (χ4n) is 2.73. The van der Waals surface area contributed by atoms with Crippen LogP contribution in [-0.2, 0) is 0 Å². The summed E-state index contributed by atoms with van der Waals surface area (Å²) in [6.07, 6.45) is 5.17. The highest BCUT2D eigenvalue weighted by molar-refractivity contribution is 5.86. The number of carboxylic acids is 1. The summed E-state index contributed by atoms with van der Waals surface area (Å²) in [5, 5.41) is 23.0. The van der Waals surface area contributed by atoms with Crippen LogP contribution in [0.4, 0.5) is 11.5 Å². The molecule has 1 fully saturated rings. The highest BCUT2D eigenvalue weighted by Gasteiger charge is 2.24. The van der Waals surface area contributed by atoms with E-state index in [0.29, 0.717) is 0 Å². The summed E-state index contributed by atoms with van der Waals surface area (Å²) in [4.78, 5) is 25.3. The van der Waals surface area contributed by atoms with Crippen molar-refractivity contribution in [2.75, 3.05) is 5.32 Å². The van der Waals surface area contributed by atoms with Crippen LogP contribution in [-0.4, -0.2) is 27.0 Å². The summed E-state index contributed by atoms with van der Waals surface area (Å²) in [5.74, 6) is -0.418. The highest BCUT2D eigenvalue weighted by Crippen LogP contribution is 2.30. The van der Waals surface area contributed by atoms with Gasteiger partial charge in [0.05, 0.1) is 4.92 Å². The van der Waals surface area contributed by atoms with Crippen LogP contribution in [0.15, 0.2) is 12.1 Å². The Balaban J connectivity index is 2.15. The van der Waals surface area contributed by atoms with Gasteiger partial charge in [-0.15, -0.1) is 0 Å². The standard InChI is InChI=1S/C14H19N3O4/c1-2-9-3-5-10(6-4-9)15-13-12(17(20)21)8-7-11(16-13)14(18)19/h7-10H,2-6H2,1H3,(H,15,16)(H,18,19). The summed E-state index contributed by atoms with van der Waals surface area (Å²) >= 11 is 0. The molecular formula is C14H19N3O4. The number of pyridine rings is 1. The van der Waals surface area contributed by atoms with Crippen molar-refractivity contribution in [2.24, 2.45) is 5.92 Å². The summed E-state index contributed by atoms with van der Waals surface area (Å²) < 4.78 is 0. The monoisotopic (exact) mass is 293 g/mol. The van der Waals surface area contributed by atoms with Gasteiger partial charge in [-0.3, -0.25) is 10.1 Å². The van der Waals surface area contributed by atoms with E-state index in [0.717, 1.165) is 44.1 Å². The zero-order valence-electron chi connectivity index (χ0n) is 11.9. The molecule has 0 aliphatic heterocycles. The van der Waals surface area contributed by atoms with Crippen molar-refractivity contribution < 1.29 is 14.8 Å². The van der Waals surface area contributed by atoms with Gasteiger partial charge in [0.2, 0.25) is 5.82 Å². The first kappa shape index (κ1) is 15.2. The fraction of sp³-hybridized carbons (Fsp3) is 0.571. The van der Waals surface area contributed by atoms with Gasteiger partial charge in [0.1, 0.15) is 0 Å². The van der Waals surface area contributed by atoms with Crippen LogP contribution in [0.1, 0.15) is 49.5 Å². The third-order valence-electron chi connectivity index (χ3n) is 4.05. The highest BCUT2D eigenvalue weighted by atomic mass is 16.6. The predicted molar refractivity (Wildman–Crippen MR) is 77.5 cm³/mol. The summed E-state index contributed by atoms with van der Waals surface area (Å²) in [7, 11) is 0. The minimum Gasteiger partial charge on any atom is -0.477 e. The predicted octanol–water partition coefficient (Wildman–Crippen LogP) is 3.07. The molecule has 0 aromatic carbocycles. The Kier molecular flexibility index (Phi) is 4.72. The van der Waals surface area contributed by atoms with E-state index in [2.05, 4.69) is 17.2 Å². The Labute approximate surface area is 122 Å². The van der Waals surface area contributed by atoms with Crippen molar-refractivity contribution in [1.29, 1.82) is 0 Å². The lowest BCUT2D eigenvalue weighted by molar-refractivity contribution is -0.384. The van der Waals surface area contributed by atoms with E-state index >= 15 is 0 Å². The smallest absolute Gasteiger partial charge is 0.354 e. The fourth-order valence-corrected chi connectivity index (χ4v) is 2.73. The molecule has 0 saturated heterocycles. The number of hydrogen-bond acceptors (Lipinski definition) is 5. The largest absolute Gasteiger partial charge is 0.477 e. The van der Waals surface area contributed by atoms with E-state index in [1.807, 2.05) is 0 Å². The van der Waals surface area contributed by atoms with Gasteiger partial charge in [0, 0.05) is 12.1 Å². The number of carboxylic acid groups (broad SMARTS) is 1. The number of aromatic carboxylic acids is 1. The van der Waals surface area contributed by atoms with Gasteiger partial charge >= 0.3 is 11.7 Å². The second kappa shape index (κ2) is 6.51. The maximum absolute atomic E-state index is 11.0. The number of carbonyl (C=O) groups is 1. The number of hydrogen-bond donors (Lipinski definition) is 2. The molecule has 1 heterocycles.